The summed E-state index contributed by atoms with van der Waals surface area (Å²) in [5, 5.41) is 11.4. The maximum atomic E-state index is 15.1. The number of allylic oxidation sites excluding steroid dienone is 6. The molecule has 2 saturated carbocycles. The lowest BCUT2D eigenvalue weighted by molar-refractivity contribution is -0.362. The number of halogens is 5. The van der Waals surface area contributed by atoms with Crippen molar-refractivity contribution in [2.75, 3.05) is 6.61 Å². The Kier molecular flexibility index (Phi) is 7.88. The Bertz CT molecular complexity index is 1370. The molecule has 0 amide bonds. The van der Waals surface area contributed by atoms with Crippen LogP contribution < -0.4 is 0 Å². The Morgan fingerprint density at radius 2 is 1.79 bits per heavy atom. The van der Waals surface area contributed by atoms with Crippen molar-refractivity contribution in [1.29, 1.82) is 0 Å². The SMILES string of the molecule is CCOC(=O)C=CC=Cc1ccc([C@H]2C[C@@]3(C)[C@@H](CC[C@@]3(O)C(F)(F)C(F)(F)F)[C@@H]3CCC4=CC(=O)CCC4=C32)cc1. The summed E-state index contributed by atoms with van der Waals surface area (Å²) in [6, 6.07) is 7.34. The van der Waals surface area contributed by atoms with Crippen LogP contribution in [-0.4, -0.2) is 41.2 Å². The summed E-state index contributed by atoms with van der Waals surface area (Å²) in [6.07, 6.45) is 3.42. The zero-order valence-corrected chi connectivity index (χ0v) is 23.6. The molecule has 226 valence electrons. The largest absolute Gasteiger partial charge is 0.463 e. The lowest BCUT2D eigenvalue weighted by Crippen LogP contribution is -2.65. The van der Waals surface area contributed by atoms with E-state index in [-0.39, 0.29) is 31.1 Å². The number of carbonyl (C=O) groups excluding carboxylic acids is 2. The van der Waals surface area contributed by atoms with Gasteiger partial charge in [0.15, 0.2) is 5.78 Å². The highest BCUT2D eigenvalue weighted by Crippen LogP contribution is 2.70. The fourth-order valence-electron chi connectivity index (χ4n) is 8.04. The Labute approximate surface area is 242 Å². The van der Waals surface area contributed by atoms with Gasteiger partial charge < -0.3 is 9.84 Å². The van der Waals surface area contributed by atoms with Crippen LogP contribution in [0.25, 0.3) is 6.08 Å². The predicted molar refractivity (Wildman–Crippen MR) is 147 cm³/mol. The zero-order valence-electron chi connectivity index (χ0n) is 23.6. The molecule has 1 aromatic rings. The standard InChI is InChI=1S/C33H35F5O4/c1-3-42-28(40)7-5-4-6-20-8-10-21(11-9-20)26-19-30(2)27(16-17-31(30,41)32(34,35)33(36,37)38)25-14-12-22-18-23(39)13-15-24(22)29(25)26/h4-11,18,25-27,41H,3,12-17,19H2,1-2H3/t25-,26+,27-,30-,31-/m0/s1. The minimum Gasteiger partial charge on any atom is -0.463 e. The van der Waals surface area contributed by atoms with Crippen LogP contribution >= 0.6 is 0 Å². The van der Waals surface area contributed by atoms with Crippen molar-refractivity contribution in [1.82, 2.24) is 0 Å². The molecule has 0 heterocycles. The van der Waals surface area contributed by atoms with E-state index in [4.69, 9.17) is 4.74 Å². The Morgan fingerprint density at radius 3 is 2.45 bits per heavy atom. The molecule has 5 atom stereocenters. The van der Waals surface area contributed by atoms with E-state index in [1.807, 2.05) is 24.3 Å². The third-order valence-corrected chi connectivity index (χ3v) is 10.0. The van der Waals surface area contributed by atoms with Crippen LogP contribution in [-0.2, 0) is 14.3 Å². The van der Waals surface area contributed by atoms with E-state index in [0.717, 1.165) is 27.8 Å². The molecule has 0 bridgehead atoms. The molecule has 0 aromatic heterocycles. The van der Waals surface area contributed by atoms with Gasteiger partial charge in [-0.1, -0.05) is 55.0 Å². The van der Waals surface area contributed by atoms with Crippen LogP contribution in [0.2, 0.25) is 0 Å². The molecule has 0 saturated heterocycles. The Balaban J connectivity index is 1.55. The molecular formula is C33H35F5O4. The van der Waals surface area contributed by atoms with Crippen molar-refractivity contribution in [3.05, 3.63) is 76.4 Å². The highest BCUT2D eigenvalue weighted by Gasteiger charge is 2.79. The number of benzene rings is 1. The smallest absolute Gasteiger partial charge is 0.456 e. The Morgan fingerprint density at radius 1 is 1.07 bits per heavy atom. The summed E-state index contributed by atoms with van der Waals surface area (Å²) in [7, 11) is 0. The second-order valence-corrected chi connectivity index (χ2v) is 12.1. The maximum absolute atomic E-state index is 15.1. The van der Waals surface area contributed by atoms with E-state index in [1.165, 1.54) is 13.0 Å². The molecule has 4 nitrogen and oxygen atoms in total. The first-order valence-corrected chi connectivity index (χ1v) is 14.5. The molecule has 4 aliphatic rings. The van der Waals surface area contributed by atoms with Crippen molar-refractivity contribution in [2.45, 2.75) is 82.4 Å². The second-order valence-electron chi connectivity index (χ2n) is 12.1. The number of alkyl halides is 5. The van der Waals surface area contributed by atoms with E-state index in [0.29, 0.717) is 25.7 Å². The average molecular weight is 591 g/mol. The molecule has 2 fully saturated rings. The van der Waals surface area contributed by atoms with Gasteiger partial charge in [0.2, 0.25) is 0 Å². The molecular weight excluding hydrogens is 555 g/mol. The highest BCUT2D eigenvalue weighted by molar-refractivity contribution is 5.93. The summed E-state index contributed by atoms with van der Waals surface area (Å²) in [5.41, 5.74) is -0.351. The van der Waals surface area contributed by atoms with E-state index in [2.05, 4.69) is 0 Å². The zero-order chi connectivity index (χ0) is 30.5. The summed E-state index contributed by atoms with van der Waals surface area (Å²) >= 11 is 0. The third kappa shape index (κ3) is 4.87. The average Bonchev–Trinajstić information content (AvgIpc) is 3.21. The predicted octanol–water partition coefficient (Wildman–Crippen LogP) is 7.65. The number of aliphatic hydroxyl groups is 1. The van der Waals surface area contributed by atoms with Crippen molar-refractivity contribution in [3.8, 4) is 0 Å². The van der Waals surface area contributed by atoms with Crippen molar-refractivity contribution < 1.29 is 41.4 Å². The van der Waals surface area contributed by atoms with Gasteiger partial charge in [0.25, 0.3) is 0 Å². The number of ether oxygens (including phenoxy) is 1. The number of rotatable bonds is 6. The first-order chi connectivity index (χ1) is 19.7. The maximum Gasteiger partial charge on any atom is 0.456 e. The van der Waals surface area contributed by atoms with Gasteiger partial charge in [-0.05, 0) is 85.6 Å². The molecule has 0 aliphatic heterocycles. The van der Waals surface area contributed by atoms with Crippen LogP contribution in [0.3, 0.4) is 0 Å². The van der Waals surface area contributed by atoms with Gasteiger partial charge in [-0.2, -0.15) is 22.0 Å². The highest BCUT2D eigenvalue weighted by atomic mass is 19.4. The van der Waals surface area contributed by atoms with Gasteiger partial charge >= 0.3 is 18.1 Å². The fourth-order valence-corrected chi connectivity index (χ4v) is 8.04. The van der Waals surface area contributed by atoms with Crippen LogP contribution in [0.1, 0.15) is 75.8 Å². The number of hydrogen-bond acceptors (Lipinski definition) is 4. The first kappa shape index (κ1) is 30.4. The topological polar surface area (TPSA) is 63.6 Å². The van der Waals surface area contributed by atoms with Crippen molar-refractivity contribution in [3.63, 3.8) is 0 Å². The molecule has 0 spiro atoms. The van der Waals surface area contributed by atoms with Gasteiger partial charge in [0.1, 0.15) is 5.60 Å². The molecule has 1 N–H and O–H groups in total. The molecule has 42 heavy (non-hydrogen) atoms. The van der Waals surface area contributed by atoms with Crippen molar-refractivity contribution >= 4 is 17.8 Å². The molecule has 9 heteroatoms. The summed E-state index contributed by atoms with van der Waals surface area (Å²) in [5.74, 6) is -6.97. The van der Waals surface area contributed by atoms with E-state index >= 15 is 8.78 Å². The quantitative estimate of drug-likeness (QED) is 0.160. The lowest BCUT2D eigenvalue weighted by atomic mass is 9.50. The number of ketones is 1. The van der Waals surface area contributed by atoms with Gasteiger partial charge in [0.05, 0.1) is 6.61 Å². The Hall–Kier alpha value is -3.07. The van der Waals surface area contributed by atoms with Gasteiger partial charge in [0, 0.05) is 23.8 Å². The number of hydrogen-bond donors (Lipinski definition) is 1. The minimum atomic E-state index is -5.88. The second kappa shape index (κ2) is 10.9. The van der Waals surface area contributed by atoms with E-state index in [9.17, 15) is 27.9 Å². The summed E-state index contributed by atoms with van der Waals surface area (Å²) in [4.78, 5) is 23.7. The lowest BCUT2D eigenvalue weighted by Gasteiger charge is -2.56. The van der Waals surface area contributed by atoms with Crippen LogP contribution in [0.5, 0.6) is 0 Å². The molecule has 1 aromatic carbocycles. The van der Waals surface area contributed by atoms with E-state index < -0.39 is 47.3 Å². The number of carbonyl (C=O) groups is 2. The molecule has 5 rings (SSSR count). The van der Waals surface area contributed by atoms with Gasteiger partial charge in [-0.15, -0.1) is 0 Å². The number of fused-ring (bicyclic) bond motifs is 4. The van der Waals surface area contributed by atoms with Crippen LogP contribution in [0, 0.1) is 17.3 Å². The van der Waals surface area contributed by atoms with E-state index in [1.54, 1.807) is 31.2 Å². The summed E-state index contributed by atoms with van der Waals surface area (Å²) < 4.78 is 76.3. The third-order valence-electron chi connectivity index (χ3n) is 10.0. The van der Waals surface area contributed by atoms with Crippen LogP contribution in [0.15, 0.2) is 65.3 Å². The summed E-state index contributed by atoms with van der Waals surface area (Å²) in [6.45, 7) is 3.40. The van der Waals surface area contributed by atoms with Gasteiger partial charge in [-0.25, -0.2) is 4.79 Å². The normalized spacial score (nSPS) is 31.7. The molecule has 0 unspecified atom stereocenters. The number of esters is 1. The first-order valence-electron chi connectivity index (χ1n) is 14.5. The van der Waals surface area contributed by atoms with Crippen molar-refractivity contribution in [2.24, 2.45) is 17.3 Å². The monoisotopic (exact) mass is 590 g/mol. The molecule has 4 aliphatic carbocycles. The van der Waals surface area contributed by atoms with Gasteiger partial charge in [-0.3, -0.25) is 4.79 Å². The minimum absolute atomic E-state index is 0.0400. The fraction of sp³-hybridized carbons (Fsp3) is 0.515. The molecule has 0 radical (unpaired) electrons. The van der Waals surface area contributed by atoms with Crippen LogP contribution in [0.4, 0.5) is 22.0 Å².